The maximum atomic E-state index is 5.03. The van der Waals surface area contributed by atoms with Crippen molar-refractivity contribution >= 4 is 28.1 Å². The SMILES string of the molecule is c1ccc2c(N3CCCC(N4CCCC4)C3)nc(-c3ccsc3)nc2c1. The zero-order valence-corrected chi connectivity index (χ0v) is 15.8. The van der Waals surface area contributed by atoms with Crippen molar-refractivity contribution < 1.29 is 0 Å². The highest BCUT2D eigenvalue weighted by molar-refractivity contribution is 7.08. The van der Waals surface area contributed by atoms with Crippen LogP contribution in [0.2, 0.25) is 0 Å². The van der Waals surface area contributed by atoms with E-state index in [1.807, 2.05) is 0 Å². The molecule has 134 valence electrons. The third kappa shape index (κ3) is 2.99. The van der Waals surface area contributed by atoms with Crippen LogP contribution in [0.15, 0.2) is 41.1 Å². The lowest BCUT2D eigenvalue weighted by Gasteiger charge is -2.38. The van der Waals surface area contributed by atoms with Crippen molar-refractivity contribution in [2.45, 2.75) is 31.7 Å². The average molecular weight is 365 g/mol. The number of hydrogen-bond donors (Lipinski definition) is 0. The fourth-order valence-corrected chi connectivity index (χ4v) is 5.01. The van der Waals surface area contributed by atoms with Crippen molar-refractivity contribution in [2.75, 3.05) is 31.1 Å². The highest BCUT2D eigenvalue weighted by Crippen LogP contribution is 2.31. The van der Waals surface area contributed by atoms with Crippen molar-refractivity contribution in [3.63, 3.8) is 0 Å². The van der Waals surface area contributed by atoms with E-state index in [1.54, 1.807) is 11.3 Å². The van der Waals surface area contributed by atoms with Crippen LogP contribution in [0.1, 0.15) is 25.7 Å². The monoisotopic (exact) mass is 364 g/mol. The van der Waals surface area contributed by atoms with Gasteiger partial charge < -0.3 is 4.90 Å². The van der Waals surface area contributed by atoms with E-state index in [2.05, 4.69) is 50.9 Å². The van der Waals surface area contributed by atoms with E-state index in [0.29, 0.717) is 6.04 Å². The first-order valence-corrected chi connectivity index (χ1v) is 10.6. The molecule has 2 saturated heterocycles. The molecule has 0 bridgehead atoms. The van der Waals surface area contributed by atoms with Crippen LogP contribution in [-0.4, -0.2) is 47.1 Å². The molecular formula is C21H24N4S. The van der Waals surface area contributed by atoms with Crippen molar-refractivity contribution in [3.05, 3.63) is 41.1 Å². The van der Waals surface area contributed by atoms with Crippen LogP contribution >= 0.6 is 11.3 Å². The Morgan fingerprint density at radius 3 is 2.69 bits per heavy atom. The van der Waals surface area contributed by atoms with Crippen LogP contribution in [0.25, 0.3) is 22.3 Å². The second-order valence-corrected chi connectivity index (χ2v) is 8.17. The molecule has 0 radical (unpaired) electrons. The fourth-order valence-electron chi connectivity index (χ4n) is 4.37. The molecule has 1 unspecified atom stereocenters. The van der Waals surface area contributed by atoms with Crippen molar-refractivity contribution in [2.24, 2.45) is 0 Å². The molecule has 4 nitrogen and oxygen atoms in total. The van der Waals surface area contributed by atoms with Crippen LogP contribution in [0.5, 0.6) is 0 Å². The molecule has 0 saturated carbocycles. The number of anilines is 1. The summed E-state index contributed by atoms with van der Waals surface area (Å²) in [5.41, 5.74) is 2.16. The smallest absolute Gasteiger partial charge is 0.162 e. The quantitative estimate of drug-likeness (QED) is 0.688. The average Bonchev–Trinajstić information content (AvgIpc) is 3.41. The number of thiophene rings is 1. The molecule has 3 aromatic rings. The number of fused-ring (bicyclic) bond motifs is 1. The minimum Gasteiger partial charge on any atom is -0.354 e. The molecule has 1 aromatic carbocycles. The zero-order valence-electron chi connectivity index (χ0n) is 15.0. The Morgan fingerprint density at radius 1 is 0.962 bits per heavy atom. The van der Waals surface area contributed by atoms with Gasteiger partial charge in [-0.25, -0.2) is 9.97 Å². The highest BCUT2D eigenvalue weighted by Gasteiger charge is 2.28. The first-order valence-electron chi connectivity index (χ1n) is 9.67. The Morgan fingerprint density at radius 2 is 1.85 bits per heavy atom. The largest absolute Gasteiger partial charge is 0.354 e. The minimum absolute atomic E-state index is 0.671. The summed E-state index contributed by atoms with van der Waals surface area (Å²) in [6, 6.07) is 11.2. The van der Waals surface area contributed by atoms with E-state index < -0.39 is 0 Å². The fraction of sp³-hybridized carbons (Fsp3) is 0.429. The first-order chi connectivity index (χ1) is 12.9. The molecule has 26 heavy (non-hydrogen) atoms. The van der Waals surface area contributed by atoms with Gasteiger partial charge in [-0.1, -0.05) is 12.1 Å². The molecule has 2 aliphatic heterocycles. The van der Waals surface area contributed by atoms with E-state index in [4.69, 9.17) is 9.97 Å². The number of piperidine rings is 1. The Bertz CT molecular complexity index is 886. The number of aromatic nitrogens is 2. The lowest BCUT2D eigenvalue weighted by molar-refractivity contribution is 0.215. The van der Waals surface area contributed by atoms with Gasteiger partial charge >= 0.3 is 0 Å². The molecular weight excluding hydrogens is 340 g/mol. The second kappa shape index (κ2) is 6.97. The highest BCUT2D eigenvalue weighted by atomic mass is 32.1. The summed E-state index contributed by atoms with van der Waals surface area (Å²) in [7, 11) is 0. The summed E-state index contributed by atoms with van der Waals surface area (Å²) in [6.07, 6.45) is 5.27. The van der Waals surface area contributed by atoms with E-state index >= 15 is 0 Å². The van der Waals surface area contributed by atoms with Crippen molar-refractivity contribution in [1.82, 2.24) is 14.9 Å². The summed E-state index contributed by atoms with van der Waals surface area (Å²) < 4.78 is 0. The lowest BCUT2D eigenvalue weighted by Crippen LogP contribution is -2.47. The molecule has 2 fully saturated rings. The number of para-hydroxylation sites is 1. The maximum Gasteiger partial charge on any atom is 0.162 e. The van der Waals surface area contributed by atoms with E-state index in [9.17, 15) is 0 Å². The number of likely N-dealkylation sites (tertiary alicyclic amines) is 1. The third-order valence-corrected chi connectivity index (χ3v) is 6.40. The molecule has 2 aromatic heterocycles. The van der Waals surface area contributed by atoms with E-state index in [-0.39, 0.29) is 0 Å². The van der Waals surface area contributed by atoms with Crippen LogP contribution in [-0.2, 0) is 0 Å². The van der Waals surface area contributed by atoms with Crippen LogP contribution in [0, 0.1) is 0 Å². The van der Waals surface area contributed by atoms with Gasteiger partial charge in [0, 0.05) is 35.5 Å². The summed E-state index contributed by atoms with van der Waals surface area (Å²) >= 11 is 1.70. The van der Waals surface area contributed by atoms with Gasteiger partial charge in [0.15, 0.2) is 5.82 Å². The maximum absolute atomic E-state index is 5.03. The Kier molecular flexibility index (Phi) is 4.35. The summed E-state index contributed by atoms with van der Waals surface area (Å²) in [6.45, 7) is 4.71. The first kappa shape index (κ1) is 16.2. The molecule has 2 aliphatic rings. The molecule has 1 atom stereocenters. The number of rotatable bonds is 3. The molecule has 0 N–H and O–H groups in total. The summed E-state index contributed by atoms with van der Waals surface area (Å²) in [5, 5.41) is 5.41. The van der Waals surface area contributed by atoms with Crippen molar-refractivity contribution in [1.29, 1.82) is 0 Å². The third-order valence-electron chi connectivity index (χ3n) is 5.72. The van der Waals surface area contributed by atoms with E-state index in [1.165, 1.54) is 44.2 Å². The molecule has 5 rings (SSSR count). The zero-order chi connectivity index (χ0) is 17.3. The number of hydrogen-bond acceptors (Lipinski definition) is 5. The predicted octanol–water partition coefficient (Wildman–Crippen LogP) is 4.42. The number of benzene rings is 1. The van der Waals surface area contributed by atoms with Crippen LogP contribution in [0.3, 0.4) is 0 Å². The predicted molar refractivity (Wildman–Crippen MR) is 109 cm³/mol. The molecule has 4 heterocycles. The molecule has 0 spiro atoms. The second-order valence-electron chi connectivity index (χ2n) is 7.39. The molecule has 0 aliphatic carbocycles. The Labute approximate surface area is 158 Å². The number of nitrogens with zero attached hydrogens (tertiary/aromatic N) is 4. The van der Waals surface area contributed by atoms with Crippen LogP contribution < -0.4 is 4.90 Å². The van der Waals surface area contributed by atoms with Gasteiger partial charge in [0.05, 0.1) is 5.52 Å². The van der Waals surface area contributed by atoms with Gasteiger partial charge in [-0.2, -0.15) is 11.3 Å². The molecule has 5 heteroatoms. The van der Waals surface area contributed by atoms with Crippen molar-refractivity contribution in [3.8, 4) is 11.4 Å². The lowest BCUT2D eigenvalue weighted by atomic mass is 10.0. The standard InChI is InChI=1S/C21H24N4S/c1-2-8-19-18(7-1)21(23-20(22-19)16-9-13-26-15-16)25-12-5-6-17(14-25)24-10-3-4-11-24/h1-2,7-9,13,15,17H,3-6,10-12,14H2. The van der Waals surface area contributed by atoms with Gasteiger partial charge in [0.25, 0.3) is 0 Å². The van der Waals surface area contributed by atoms with Crippen LogP contribution in [0.4, 0.5) is 5.82 Å². The van der Waals surface area contributed by atoms with Gasteiger partial charge in [0.1, 0.15) is 5.82 Å². The van der Waals surface area contributed by atoms with Gasteiger partial charge in [-0.15, -0.1) is 0 Å². The topological polar surface area (TPSA) is 32.3 Å². The minimum atomic E-state index is 0.671. The van der Waals surface area contributed by atoms with Gasteiger partial charge in [-0.05, 0) is 62.4 Å². The van der Waals surface area contributed by atoms with Gasteiger partial charge in [0.2, 0.25) is 0 Å². The van der Waals surface area contributed by atoms with E-state index in [0.717, 1.165) is 35.8 Å². The Balaban J connectivity index is 1.54. The van der Waals surface area contributed by atoms with Gasteiger partial charge in [-0.3, -0.25) is 4.90 Å². The summed E-state index contributed by atoms with van der Waals surface area (Å²) in [5.74, 6) is 1.96. The summed E-state index contributed by atoms with van der Waals surface area (Å²) in [4.78, 5) is 15.1. The normalized spacial score (nSPS) is 21.5. The Hall–Kier alpha value is -1.98. The molecule has 0 amide bonds.